The zero-order valence-corrected chi connectivity index (χ0v) is 18.5. The minimum Gasteiger partial charge on any atom is -0.454 e. The Balaban J connectivity index is 1.80. The lowest BCUT2D eigenvalue weighted by Crippen LogP contribution is -2.15. The van der Waals surface area contributed by atoms with Crippen molar-refractivity contribution in [2.45, 2.75) is 13.8 Å². The Kier molecular flexibility index (Phi) is 6.46. The van der Waals surface area contributed by atoms with Gasteiger partial charge in [-0.05, 0) is 56.3 Å². The number of ether oxygens (including phenoxy) is 1. The van der Waals surface area contributed by atoms with Crippen LogP contribution in [0.4, 0.5) is 4.39 Å². The van der Waals surface area contributed by atoms with Crippen molar-refractivity contribution in [1.29, 1.82) is 0 Å². The highest BCUT2D eigenvalue weighted by Crippen LogP contribution is 2.25. The predicted molar refractivity (Wildman–Crippen MR) is 114 cm³/mol. The van der Waals surface area contributed by atoms with Gasteiger partial charge in [-0.2, -0.15) is 0 Å². The Hall–Kier alpha value is -2.15. The Bertz CT molecular complexity index is 1130. The van der Waals surface area contributed by atoms with Crippen LogP contribution in [0.2, 0.25) is 10.0 Å². The fourth-order valence-corrected chi connectivity index (χ4v) is 3.74. The van der Waals surface area contributed by atoms with E-state index in [0.29, 0.717) is 21.4 Å². The summed E-state index contributed by atoms with van der Waals surface area (Å²) >= 11 is 15.2. The number of esters is 1. The van der Waals surface area contributed by atoms with Crippen molar-refractivity contribution in [2.24, 2.45) is 0 Å². The van der Waals surface area contributed by atoms with Gasteiger partial charge in [0.25, 0.3) is 0 Å². The van der Waals surface area contributed by atoms with Gasteiger partial charge in [0.1, 0.15) is 5.82 Å². The second-order valence-corrected chi connectivity index (χ2v) is 8.07. The quantitative estimate of drug-likeness (QED) is 0.304. The van der Waals surface area contributed by atoms with Gasteiger partial charge < -0.3 is 9.30 Å². The molecule has 2 aromatic carbocycles. The van der Waals surface area contributed by atoms with Gasteiger partial charge in [-0.1, -0.05) is 39.1 Å². The van der Waals surface area contributed by atoms with Crippen molar-refractivity contribution >= 4 is 50.9 Å². The number of halogens is 4. The number of aromatic nitrogens is 1. The van der Waals surface area contributed by atoms with E-state index in [2.05, 4.69) is 15.9 Å². The summed E-state index contributed by atoms with van der Waals surface area (Å²) in [7, 11) is 0. The maximum Gasteiger partial charge on any atom is 0.340 e. The molecule has 0 radical (unpaired) electrons. The van der Waals surface area contributed by atoms with E-state index >= 15 is 0 Å². The summed E-state index contributed by atoms with van der Waals surface area (Å²) in [6.45, 7) is 3.13. The van der Waals surface area contributed by atoms with Gasteiger partial charge in [0.2, 0.25) is 5.78 Å². The first-order valence-corrected chi connectivity index (χ1v) is 10.0. The van der Waals surface area contributed by atoms with E-state index < -0.39 is 18.4 Å². The van der Waals surface area contributed by atoms with Crippen molar-refractivity contribution in [3.8, 4) is 5.69 Å². The smallest absolute Gasteiger partial charge is 0.340 e. The molecule has 0 fully saturated rings. The first-order chi connectivity index (χ1) is 13.7. The van der Waals surface area contributed by atoms with Gasteiger partial charge in [-0.25, -0.2) is 9.18 Å². The van der Waals surface area contributed by atoms with Gasteiger partial charge >= 0.3 is 5.97 Å². The van der Waals surface area contributed by atoms with Crippen LogP contribution in [0.15, 0.2) is 46.9 Å². The van der Waals surface area contributed by atoms with Crippen LogP contribution in [0.1, 0.15) is 32.1 Å². The highest BCUT2D eigenvalue weighted by Gasteiger charge is 2.20. The van der Waals surface area contributed by atoms with Crippen LogP contribution in [-0.2, 0) is 4.74 Å². The zero-order chi connectivity index (χ0) is 21.3. The summed E-state index contributed by atoms with van der Waals surface area (Å²) in [4.78, 5) is 24.9. The van der Waals surface area contributed by atoms with Gasteiger partial charge in [0, 0.05) is 27.1 Å². The van der Waals surface area contributed by atoms with Crippen LogP contribution in [0, 0.1) is 19.7 Å². The fraction of sp³-hybridized carbons (Fsp3) is 0.143. The van der Waals surface area contributed by atoms with E-state index in [1.54, 1.807) is 35.8 Å². The molecule has 0 aliphatic carbocycles. The largest absolute Gasteiger partial charge is 0.454 e. The Morgan fingerprint density at radius 3 is 2.45 bits per heavy atom. The molecule has 0 bridgehead atoms. The maximum absolute atomic E-state index is 13.5. The third-order valence-corrected chi connectivity index (χ3v) is 5.49. The summed E-state index contributed by atoms with van der Waals surface area (Å²) in [5.41, 5.74) is 2.58. The number of carbonyl (C=O) groups is 2. The molecule has 8 heteroatoms. The van der Waals surface area contributed by atoms with Crippen molar-refractivity contribution in [1.82, 2.24) is 4.57 Å². The Morgan fingerprint density at radius 2 is 1.76 bits per heavy atom. The van der Waals surface area contributed by atoms with E-state index in [1.807, 2.05) is 6.92 Å². The molecule has 0 amide bonds. The molecule has 0 atom stereocenters. The van der Waals surface area contributed by atoms with E-state index in [0.717, 1.165) is 5.69 Å². The lowest BCUT2D eigenvalue weighted by Gasteiger charge is -2.11. The van der Waals surface area contributed by atoms with E-state index in [-0.39, 0.29) is 21.4 Å². The third-order valence-electron chi connectivity index (χ3n) is 4.38. The summed E-state index contributed by atoms with van der Waals surface area (Å²) in [5.74, 6) is -1.58. The molecule has 1 heterocycles. The molecular weight excluding hydrogens is 484 g/mol. The predicted octanol–water partition coefficient (Wildman–Crippen LogP) is 6.34. The van der Waals surface area contributed by atoms with Crippen LogP contribution >= 0.6 is 39.1 Å². The molecule has 0 saturated heterocycles. The van der Waals surface area contributed by atoms with Crippen LogP contribution < -0.4 is 0 Å². The SMILES string of the molecule is Cc1cc(C(=O)COC(=O)c2cc(Br)ccc2Cl)c(C)n1-c1ccc(F)c(Cl)c1. The first-order valence-electron chi connectivity index (χ1n) is 8.48. The summed E-state index contributed by atoms with van der Waals surface area (Å²) in [6, 6.07) is 10.8. The summed E-state index contributed by atoms with van der Waals surface area (Å²) in [5, 5.41) is 0.222. The summed E-state index contributed by atoms with van der Waals surface area (Å²) < 4.78 is 21.1. The first kappa shape index (κ1) is 21.6. The number of benzene rings is 2. The maximum atomic E-state index is 13.5. The second-order valence-electron chi connectivity index (χ2n) is 6.34. The molecular formula is C21H15BrCl2FNO3. The number of aryl methyl sites for hydroxylation is 1. The van der Waals surface area contributed by atoms with Crippen molar-refractivity contribution in [3.05, 3.63) is 85.3 Å². The Labute approximate surface area is 185 Å². The van der Waals surface area contributed by atoms with E-state index in [1.165, 1.54) is 18.2 Å². The van der Waals surface area contributed by atoms with E-state index in [9.17, 15) is 14.0 Å². The third kappa shape index (κ3) is 4.55. The number of Topliss-reactive ketones (excluding diaryl/α,β-unsaturated/α-hetero) is 1. The van der Waals surface area contributed by atoms with Crippen LogP contribution in [0.3, 0.4) is 0 Å². The second kappa shape index (κ2) is 8.69. The van der Waals surface area contributed by atoms with Crippen LogP contribution in [-0.4, -0.2) is 22.9 Å². The lowest BCUT2D eigenvalue weighted by molar-refractivity contribution is 0.0474. The number of hydrogen-bond donors (Lipinski definition) is 0. The Morgan fingerprint density at radius 1 is 1.03 bits per heavy atom. The van der Waals surface area contributed by atoms with Crippen LogP contribution in [0.25, 0.3) is 5.69 Å². The van der Waals surface area contributed by atoms with E-state index in [4.69, 9.17) is 27.9 Å². The highest BCUT2D eigenvalue weighted by atomic mass is 79.9. The van der Waals surface area contributed by atoms with Crippen molar-refractivity contribution in [2.75, 3.05) is 6.61 Å². The molecule has 0 aliphatic heterocycles. The monoisotopic (exact) mass is 497 g/mol. The molecule has 1 aromatic heterocycles. The standard InChI is InChI=1S/C21H15BrCl2FNO3/c1-11-7-15(12(2)26(11)14-4-6-19(25)18(24)9-14)20(27)10-29-21(28)16-8-13(22)3-5-17(16)23/h3-9H,10H2,1-2H3. The number of nitrogens with zero attached hydrogens (tertiary/aromatic N) is 1. The molecule has 0 spiro atoms. The average Bonchev–Trinajstić information content (AvgIpc) is 2.98. The molecule has 3 rings (SSSR count). The van der Waals surface area contributed by atoms with Gasteiger partial charge in [-0.3, -0.25) is 4.79 Å². The number of rotatable bonds is 5. The summed E-state index contributed by atoms with van der Waals surface area (Å²) in [6.07, 6.45) is 0. The average molecular weight is 499 g/mol. The molecule has 0 unspecified atom stereocenters. The molecule has 3 aromatic rings. The molecule has 0 saturated carbocycles. The zero-order valence-electron chi connectivity index (χ0n) is 15.4. The molecule has 0 N–H and O–H groups in total. The topological polar surface area (TPSA) is 48.3 Å². The minimum atomic E-state index is -0.691. The van der Waals surface area contributed by atoms with Gasteiger partial charge in [0.15, 0.2) is 6.61 Å². The van der Waals surface area contributed by atoms with Gasteiger partial charge in [-0.15, -0.1) is 0 Å². The number of ketones is 1. The van der Waals surface area contributed by atoms with Crippen molar-refractivity contribution in [3.63, 3.8) is 0 Å². The van der Waals surface area contributed by atoms with Crippen molar-refractivity contribution < 1.29 is 18.7 Å². The normalized spacial score (nSPS) is 10.8. The molecule has 4 nitrogen and oxygen atoms in total. The molecule has 150 valence electrons. The fourth-order valence-electron chi connectivity index (χ4n) is 3.01. The minimum absolute atomic E-state index is 0.0114. The molecule has 29 heavy (non-hydrogen) atoms. The van der Waals surface area contributed by atoms with Gasteiger partial charge in [0.05, 0.1) is 15.6 Å². The lowest BCUT2D eigenvalue weighted by atomic mass is 10.1. The molecule has 0 aliphatic rings. The van der Waals surface area contributed by atoms with Crippen LogP contribution in [0.5, 0.6) is 0 Å². The number of hydrogen-bond acceptors (Lipinski definition) is 3. The number of carbonyl (C=O) groups excluding carboxylic acids is 2. The highest BCUT2D eigenvalue weighted by molar-refractivity contribution is 9.10.